The van der Waals surface area contributed by atoms with Gasteiger partial charge in [0.2, 0.25) is 5.91 Å². The molecule has 0 saturated carbocycles. The molecule has 1 fully saturated rings. The molecular formula is C14H17ClN2O6S. The van der Waals surface area contributed by atoms with Crippen molar-refractivity contribution in [2.75, 3.05) is 11.6 Å². The lowest BCUT2D eigenvalue weighted by molar-refractivity contribution is -0.159. The van der Waals surface area contributed by atoms with Crippen LogP contribution in [-0.4, -0.2) is 62.4 Å². The molecule has 0 aromatic heterocycles. The first kappa shape index (κ1) is 18.6. The molecule has 132 valence electrons. The molecule has 0 radical (unpaired) electrons. The van der Waals surface area contributed by atoms with Crippen molar-refractivity contribution in [2.45, 2.75) is 37.8 Å². The zero-order valence-corrected chi connectivity index (χ0v) is 14.9. The molecule has 0 aromatic carbocycles. The Hall–Kier alpha value is -1.74. The predicted octanol–water partition coefficient (Wildman–Crippen LogP) is 0.305. The number of rotatable bonds is 4. The number of alkyl halides is 1. The van der Waals surface area contributed by atoms with Crippen LogP contribution in [-0.2, 0) is 23.9 Å². The molecule has 2 heterocycles. The van der Waals surface area contributed by atoms with Gasteiger partial charge in [-0.2, -0.15) is 0 Å². The zero-order chi connectivity index (χ0) is 18.2. The number of β-lactam (4-membered cyclic amide) rings is 1. The minimum atomic E-state index is -1.29. The van der Waals surface area contributed by atoms with Gasteiger partial charge in [-0.05, 0) is 20.8 Å². The number of hydrogen-bond acceptors (Lipinski definition) is 6. The molecule has 8 nitrogen and oxygen atoms in total. The lowest BCUT2D eigenvalue weighted by Crippen LogP contribution is -2.71. The molecule has 10 heteroatoms. The minimum Gasteiger partial charge on any atom is -0.478 e. The lowest BCUT2D eigenvalue weighted by atomic mass is 10.0. The Bertz CT molecular complexity index is 642. The summed E-state index contributed by atoms with van der Waals surface area (Å²) in [4.78, 5) is 48.6. The van der Waals surface area contributed by atoms with Gasteiger partial charge in [0.25, 0.3) is 5.91 Å². The van der Waals surface area contributed by atoms with E-state index in [1.54, 1.807) is 20.8 Å². The average Bonchev–Trinajstić information content (AvgIpc) is 2.48. The molecule has 2 amide bonds. The molecule has 0 bridgehead atoms. The summed E-state index contributed by atoms with van der Waals surface area (Å²) in [6.07, 6.45) is 0. The number of fused-ring (bicyclic) bond motifs is 1. The first-order chi connectivity index (χ1) is 11.1. The number of nitrogens with one attached hydrogen (secondary N) is 1. The van der Waals surface area contributed by atoms with Gasteiger partial charge in [-0.25, -0.2) is 9.59 Å². The van der Waals surface area contributed by atoms with Crippen molar-refractivity contribution in [1.29, 1.82) is 0 Å². The van der Waals surface area contributed by atoms with Crippen molar-refractivity contribution in [2.24, 2.45) is 0 Å². The van der Waals surface area contributed by atoms with Crippen LogP contribution < -0.4 is 5.32 Å². The van der Waals surface area contributed by atoms with E-state index in [1.165, 1.54) is 0 Å². The molecule has 0 aliphatic carbocycles. The number of aliphatic carboxylic acids is 1. The Labute approximate surface area is 147 Å². The number of esters is 1. The molecular weight excluding hydrogens is 360 g/mol. The molecule has 2 aliphatic rings. The van der Waals surface area contributed by atoms with Crippen molar-refractivity contribution in [3.8, 4) is 0 Å². The number of ether oxygens (including phenoxy) is 1. The summed E-state index contributed by atoms with van der Waals surface area (Å²) in [6, 6.07) is -0.839. The fourth-order valence-electron chi connectivity index (χ4n) is 2.31. The Morgan fingerprint density at radius 3 is 2.54 bits per heavy atom. The highest BCUT2D eigenvalue weighted by atomic mass is 35.5. The Morgan fingerprint density at radius 1 is 1.42 bits per heavy atom. The number of amides is 2. The summed E-state index contributed by atoms with van der Waals surface area (Å²) >= 11 is 6.57. The van der Waals surface area contributed by atoms with Crippen LogP contribution in [0.1, 0.15) is 20.8 Å². The lowest BCUT2D eigenvalue weighted by Gasteiger charge is -2.49. The largest absolute Gasteiger partial charge is 0.478 e. The van der Waals surface area contributed by atoms with Crippen molar-refractivity contribution in [3.63, 3.8) is 0 Å². The van der Waals surface area contributed by atoms with Gasteiger partial charge in [0, 0.05) is 5.75 Å². The van der Waals surface area contributed by atoms with Crippen LogP contribution in [0.3, 0.4) is 0 Å². The number of hydrogen-bond donors (Lipinski definition) is 2. The van der Waals surface area contributed by atoms with Crippen LogP contribution in [0, 0.1) is 0 Å². The van der Waals surface area contributed by atoms with Crippen molar-refractivity contribution in [1.82, 2.24) is 10.2 Å². The Balaban J connectivity index is 2.31. The second-order valence-corrected chi connectivity index (χ2v) is 7.60. The highest BCUT2D eigenvalue weighted by Gasteiger charge is 2.55. The number of carbonyl (C=O) groups excluding carboxylic acids is 3. The fraction of sp³-hybridized carbons (Fsp3) is 0.571. The van der Waals surface area contributed by atoms with Gasteiger partial charge in [0.15, 0.2) is 0 Å². The van der Waals surface area contributed by atoms with E-state index < -0.39 is 40.8 Å². The number of halogens is 1. The van der Waals surface area contributed by atoms with Gasteiger partial charge in [-0.3, -0.25) is 14.5 Å². The Kier molecular flexibility index (Phi) is 5.14. The molecule has 1 saturated heterocycles. The van der Waals surface area contributed by atoms with Gasteiger partial charge in [0.1, 0.15) is 28.6 Å². The van der Waals surface area contributed by atoms with Crippen LogP contribution in [0.4, 0.5) is 0 Å². The summed E-state index contributed by atoms with van der Waals surface area (Å²) in [6.45, 7) is 4.92. The SMILES string of the molecule is CC(C)(C)OC(=O)C1=C(C(=O)O)CS[C@H]2C(NC(=O)CCl)C(=O)N12. The third-order valence-corrected chi connectivity index (χ3v) is 4.78. The summed E-state index contributed by atoms with van der Waals surface area (Å²) in [5, 5.41) is 11.2. The highest BCUT2D eigenvalue weighted by Crippen LogP contribution is 2.41. The zero-order valence-electron chi connectivity index (χ0n) is 13.3. The maximum absolute atomic E-state index is 12.4. The third kappa shape index (κ3) is 3.51. The summed E-state index contributed by atoms with van der Waals surface area (Å²) < 4.78 is 5.22. The van der Waals surface area contributed by atoms with Crippen molar-refractivity contribution < 1.29 is 29.0 Å². The topological polar surface area (TPSA) is 113 Å². The maximum atomic E-state index is 12.4. The van der Waals surface area contributed by atoms with Gasteiger partial charge >= 0.3 is 11.9 Å². The average molecular weight is 377 g/mol. The van der Waals surface area contributed by atoms with E-state index in [-0.39, 0.29) is 22.9 Å². The smallest absolute Gasteiger partial charge is 0.356 e. The summed E-state index contributed by atoms with van der Waals surface area (Å²) in [5.41, 5.74) is -1.31. The first-order valence-corrected chi connectivity index (χ1v) is 8.65. The molecule has 0 aromatic rings. The van der Waals surface area contributed by atoms with E-state index in [9.17, 15) is 24.3 Å². The summed E-state index contributed by atoms with van der Waals surface area (Å²) in [7, 11) is 0. The normalized spacial score (nSPS) is 23.3. The third-order valence-electron chi connectivity index (χ3n) is 3.26. The van der Waals surface area contributed by atoms with Crippen molar-refractivity contribution in [3.05, 3.63) is 11.3 Å². The predicted molar refractivity (Wildman–Crippen MR) is 86.2 cm³/mol. The highest BCUT2D eigenvalue weighted by molar-refractivity contribution is 8.00. The molecule has 2 N–H and O–H groups in total. The standard InChI is InChI=1S/C14H17ClN2O6S/c1-14(2,3)23-13(22)9-6(12(20)21)5-24-11-8(10(19)17(9)11)16-7(18)4-15/h8,11H,4-5H2,1-3H3,(H,16,18)(H,20,21)/t8?,11-/m0/s1. The fourth-order valence-corrected chi connectivity index (χ4v) is 3.72. The van der Waals surface area contributed by atoms with E-state index >= 15 is 0 Å². The first-order valence-electron chi connectivity index (χ1n) is 7.06. The van der Waals surface area contributed by atoms with Gasteiger partial charge < -0.3 is 15.2 Å². The number of thioether (sulfide) groups is 1. The number of nitrogens with zero attached hydrogens (tertiary/aromatic N) is 1. The monoisotopic (exact) mass is 376 g/mol. The van der Waals surface area contributed by atoms with Crippen LogP contribution in [0.5, 0.6) is 0 Å². The van der Waals surface area contributed by atoms with Gasteiger partial charge in [-0.1, -0.05) is 0 Å². The van der Waals surface area contributed by atoms with Crippen LogP contribution >= 0.6 is 23.4 Å². The maximum Gasteiger partial charge on any atom is 0.356 e. The summed E-state index contributed by atoms with van der Waals surface area (Å²) in [5.74, 6) is -3.52. The van der Waals surface area contributed by atoms with Gasteiger partial charge in [0.05, 0.1) is 5.57 Å². The molecule has 2 atom stereocenters. The number of carboxylic acids is 1. The molecule has 0 spiro atoms. The molecule has 24 heavy (non-hydrogen) atoms. The van der Waals surface area contributed by atoms with Crippen LogP contribution in [0.15, 0.2) is 11.3 Å². The molecule has 2 aliphatic heterocycles. The van der Waals surface area contributed by atoms with Gasteiger partial charge in [-0.15, -0.1) is 23.4 Å². The van der Waals surface area contributed by atoms with E-state index in [0.717, 1.165) is 16.7 Å². The van der Waals surface area contributed by atoms with Crippen molar-refractivity contribution >= 4 is 47.1 Å². The number of carboxylic acid groups (broad SMARTS) is 1. The minimum absolute atomic E-state index is 0.0194. The Morgan fingerprint density at radius 2 is 2.04 bits per heavy atom. The molecule has 2 rings (SSSR count). The van der Waals surface area contributed by atoms with Crippen LogP contribution in [0.2, 0.25) is 0 Å². The van der Waals surface area contributed by atoms with E-state index in [0.29, 0.717) is 0 Å². The van der Waals surface area contributed by atoms with E-state index in [4.69, 9.17) is 16.3 Å². The van der Waals surface area contributed by atoms with E-state index in [2.05, 4.69) is 5.32 Å². The quantitative estimate of drug-likeness (QED) is 0.412. The second-order valence-electron chi connectivity index (χ2n) is 6.22. The second kappa shape index (κ2) is 6.64. The number of carbonyl (C=O) groups is 4. The molecule has 1 unspecified atom stereocenters. The van der Waals surface area contributed by atoms with E-state index in [1.807, 2.05) is 0 Å². The van der Waals surface area contributed by atoms with Crippen LogP contribution in [0.25, 0.3) is 0 Å².